The summed E-state index contributed by atoms with van der Waals surface area (Å²) < 4.78 is 15.1. The molecular formula is C17H17N2NaO9. The van der Waals surface area contributed by atoms with Crippen molar-refractivity contribution >= 4 is 23.8 Å². The van der Waals surface area contributed by atoms with E-state index in [1.807, 2.05) is 0 Å². The minimum atomic E-state index is -2.35. The number of ether oxygens (including phenoxy) is 3. The van der Waals surface area contributed by atoms with Crippen LogP contribution in [0.5, 0.6) is 11.5 Å². The van der Waals surface area contributed by atoms with Crippen LogP contribution >= 0.6 is 0 Å². The molecule has 0 radical (unpaired) electrons. The van der Waals surface area contributed by atoms with Crippen LogP contribution in [0.15, 0.2) is 18.2 Å². The third kappa shape index (κ3) is 4.04. The Labute approximate surface area is 187 Å². The molecule has 2 fully saturated rings. The Hall–Kier alpha value is -2.34. The summed E-state index contributed by atoms with van der Waals surface area (Å²) in [6, 6.07) is 3.50. The zero-order valence-electron chi connectivity index (χ0n) is 16.1. The van der Waals surface area contributed by atoms with Crippen molar-refractivity contribution in [3.05, 3.63) is 23.8 Å². The first-order valence-corrected chi connectivity index (χ1v) is 8.26. The normalized spacial score (nSPS) is 23.2. The summed E-state index contributed by atoms with van der Waals surface area (Å²) in [6.45, 7) is -0.353. The fourth-order valence-electron chi connectivity index (χ4n) is 3.05. The average Bonchev–Trinajstić information content (AvgIpc) is 3.25. The number of hydrogen-bond donors (Lipinski definition) is 1. The Bertz CT molecular complexity index is 824. The molecule has 0 spiro atoms. The van der Waals surface area contributed by atoms with Gasteiger partial charge < -0.3 is 29.4 Å². The van der Waals surface area contributed by atoms with E-state index in [1.54, 1.807) is 18.2 Å². The molecule has 1 N–H and O–H groups in total. The van der Waals surface area contributed by atoms with Gasteiger partial charge in [-0.3, -0.25) is 19.2 Å². The molecule has 11 nitrogen and oxygen atoms in total. The molecule has 2 aliphatic rings. The molecule has 1 aromatic rings. The number of cyclic esters (lactones) is 1. The van der Waals surface area contributed by atoms with E-state index >= 15 is 0 Å². The van der Waals surface area contributed by atoms with Gasteiger partial charge in [-0.1, -0.05) is 6.07 Å². The number of nitrogens with zero attached hydrogens (tertiary/aromatic N) is 1. The fourth-order valence-corrected chi connectivity index (χ4v) is 3.05. The van der Waals surface area contributed by atoms with E-state index in [9.17, 15) is 24.3 Å². The van der Waals surface area contributed by atoms with Crippen LogP contribution in [-0.2, 0) is 24.0 Å². The molecule has 29 heavy (non-hydrogen) atoms. The molecule has 0 aliphatic carbocycles. The van der Waals surface area contributed by atoms with Crippen molar-refractivity contribution in [1.82, 2.24) is 10.4 Å². The summed E-state index contributed by atoms with van der Waals surface area (Å²) in [7, 11) is 2.74. The number of nitrogens with one attached hydrogen (secondary N) is 1. The van der Waals surface area contributed by atoms with E-state index in [2.05, 4.69) is 5.32 Å². The largest absolute Gasteiger partial charge is 1.00 e. The van der Waals surface area contributed by atoms with Crippen LogP contribution in [0.25, 0.3) is 0 Å². The van der Waals surface area contributed by atoms with Crippen molar-refractivity contribution in [3.8, 4) is 11.5 Å². The van der Waals surface area contributed by atoms with Gasteiger partial charge in [0.1, 0.15) is 35.7 Å². The predicted molar refractivity (Wildman–Crippen MR) is 86.7 cm³/mol. The molecule has 150 valence electrons. The van der Waals surface area contributed by atoms with Crippen molar-refractivity contribution in [2.45, 2.75) is 24.6 Å². The molecule has 1 aromatic carbocycles. The number of benzene rings is 1. The number of hydroxylamine groups is 2. The Morgan fingerprint density at radius 3 is 2.34 bits per heavy atom. The van der Waals surface area contributed by atoms with Crippen LogP contribution in [0.3, 0.4) is 0 Å². The van der Waals surface area contributed by atoms with Gasteiger partial charge in [0.15, 0.2) is 0 Å². The van der Waals surface area contributed by atoms with Crippen LogP contribution in [0, 0.1) is 0 Å². The second-order valence-corrected chi connectivity index (χ2v) is 6.04. The van der Waals surface area contributed by atoms with E-state index in [-0.39, 0.29) is 66.1 Å². The van der Waals surface area contributed by atoms with Crippen LogP contribution in [0.2, 0.25) is 0 Å². The van der Waals surface area contributed by atoms with Crippen LogP contribution < -0.4 is 49.5 Å². The number of rotatable bonds is 6. The average molecular weight is 416 g/mol. The van der Waals surface area contributed by atoms with Gasteiger partial charge in [0, 0.05) is 6.42 Å². The van der Waals surface area contributed by atoms with Gasteiger partial charge in [0.2, 0.25) is 0 Å². The zero-order chi connectivity index (χ0) is 20.5. The molecule has 2 amide bonds. The van der Waals surface area contributed by atoms with Gasteiger partial charge >= 0.3 is 35.5 Å². The van der Waals surface area contributed by atoms with Crippen molar-refractivity contribution in [2.24, 2.45) is 0 Å². The van der Waals surface area contributed by atoms with Gasteiger partial charge in [-0.2, -0.15) is 5.06 Å². The minimum absolute atomic E-state index is 0. The van der Waals surface area contributed by atoms with Gasteiger partial charge in [-0.05, 0) is 12.1 Å². The summed E-state index contributed by atoms with van der Waals surface area (Å²) in [5.74, 6) is -3.73. The Morgan fingerprint density at radius 2 is 1.86 bits per heavy atom. The molecule has 0 aromatic heterocycles. The molecule has 0 bridgehead atoms. The van der Waals surface area contributed by atoms with Gasteiger partial charge in [0.05, 0.1) is 20.6 Å². The molecule has 0 saturated carbocycles. The summed E-state index contributed by atoms with van der Waals surface area (Å²) >= 11 is 0. The van der Waals surface area contributed by atoms with Crippen molar-refractivity contribution in [2.75, 3.05) is 20.8 Å². The molecule has 3 rings (SSSR count). The zero-order valence-corrected chi connectivity index (χ0v) is 18.1. The monoisotopic (exact) mass is 416 g/mol. The number of aliphatic carboxylic acids is 1. The second-order valence-electron chi connectivity index (χ2n) is 6.04. The first kappa shape index (κ1) is 22.9. The minimum Gasteiger partial charge on any atom is -0.544 e. The van der Waals surface area contributed by atoms with Crippen LogP contribution in [0.4, 0.5) is 0 Å². The van der Waals surface area contributed by atoms with Crippen LogP contribution in [0.1, 0.15) is 23.2 Å². The number of carbonyl (C=O) groups is 4. The quantitative estimate of drug-likeness (QED) is 0.358. The van der Waals surface area contributed by atoms with Crippen molar-refractivity contribution in [1.29, 1.82) is 0 Å². The summed E-state index contributed by atoms with van der Waals surface area (Å²) in [6.07, 6.45) is -0.530. The summed E-state index contributed by atoms with van der Waals surface area (Å²) in [4.78, 5) is 53.4. The second kappa shape index (κ2) is 8.99. The fraction of sp³-hybridized carbons (Fsp3) is 0.412. The molecule has 12 heteroatoms. The molecular weight excluding hydrogens is 399 g/mol. The molecule has 2 saturated heterocycles. The summed E-state index contributed by atoms with van der Waals surface area (Å²) in [5, 5.41) is 14.4. The maximum atomic E-state index is 12.7. The van der Waals surface area contributed by atoms with Gasteiger partial charge in [0.25, 0.3) is 17.5 Å². The van der Waals surface area contributed by atoms with Crippen molar-refractivity contribution < 1.29 is 72.9 Å². The number of esters is 1. The van der Waals surface area contributed by atoms with E-state index in [4.69, 9.17) is 19.0 Å². The smallest absolute Gasteiger partial charge is 0.544 e. The van der Waals surface area contributed by atoms with Gasteiger partial charge in [-0.25, -0.2) is 0 Å². The third-order valence-electron chi connectivity index (χ3n) is 4.43. The SMILES string of the molecule is COc1cccc(OC)c1C(=O)N[C@H]1CON(C2(C(=O)[O-])CCC(=O)O2)C1=O.[Na+]. The maximum absolute atomic E-state index is 12.7. The standard InChI is InChI=1S/C17H18N2O9.Na/c1-25-10-4-3-5-11(26-2)13(10)14(21)18-9-8-27-19(15(9)22)17(16(23)24)7-6-12(20)28-17;/h3-5,9H,6-8H2,1-2H3,(H,18,21)(H,23,24);/q;+1/p-1/t9-,17?;/m0./s1. The predicted octanol–water partition coefficient (Wildman–Crippen LogP) is -4.64. The number of methoxy groups -OCH3 is 2. The van der Waals surface area contributed by atoms with E-state index in [0.29, 0.717) is 5.06 Å². The Balaban J connectivity index is 0.00000300. The topological polar surface area (TPSA) is 144 Å². The summed E-state index contributed by atoms with van der Waals surface area (Å²) in [5.41, 5.74) is -2.30. The molecule has 2 atom stereocenters. The molecule has 2 aliphatic heterocycles. The first-order chi connectivity index (χ1) is 13.3. The molecule has 2 heterocycles. The number of amides is 2. The van der Waals surface area contributed by atoms with Crippen LogP contribution in [-0.4, -0.2) is 61.4 Å². The van der Waals surface area contributed by atoms with E-state index in [0.717, 1.165) is 0 Å². The number of carboxylic acid groups (broad SMARTS) is 1. The van der Waals surface area contributed by atoms with E-state index < -0.39 is 35.5 Å². The molecule has 1 unspecified atom stereocenters. The third-order valence-corrected chi connectivity index (χ3v) is 4.43. The van der Waals surface area contributed by atoms with E-state index in [1.165, 1.54) is 14.2 Å². The Morgan fingerprint density at radius 1 is 1.24 bits per heavy atom. The van der Waals surface area contributed by atoms with Crippen molar-refractivity contribution in [3.63, 3.8) is 0 Å². The number of carboxylic acids is 1. The first-order valence-electron chi connectivity index (χ1n) is 8.26. The Kier molecular flexibility index (Phi) is 7.11. The van der Waals surface area contributed by atoms with Gasteiger partial charge in [-0.15, -0.1) is 0 Å². The number of carbonyl (C=O) groups excluding carboxylic acids is 4. The number of hydrogen-bond acceptors (Lipinski definition) is 9. The maximum Gasteiger partial charge on any atom is 1.00 e.